The van der Waals surface area contributed by atoms with Gasteiger partial charge in [-0.1, -0.05) is 5.16 Å². The number of carbonyl (C=O) groups is 2. The standard InChI is InChI=1S/C23H28N4O4/c1-14-20(16(3)31-26-14)22(29)27-9-6-23(7-10-27)12-18(23)13-25-21(28)19-11-17(5-8-24-4)15(2)30-19/h5,8,11,18H,4,6-7,9-10,12-13H2,1-3H3,(H,25,28)/b8-5-. The highest BCUT2D eigenvalue weighted by atomic mass is 16.5. The summed E-state index contributed by atoms with van der Waals surface area (Å²) < 4.78 is 10.7. The quantitative estimate of drug-likeness (QED) is 0.715. The first kappa shape index (κ1) is 21.1. The molecule has 2 amide bonds. The number of rotatable bonds is 6. The van der Waals surface area contributed by atoms with Crippen molar-refractivity contribution in [3.05, 3.63) is 46.4 Å². The molecule has 1 spiro atoms. The SMILES string of the molecule is C=N/C=C\c1cc(C(=O)NCC2CC23CCN(C(=O)c2c(C)noc2C)CC3)oc1C. The van der Waals surface area contributed by atoms with E-state index in [1.54, 1.807) is 32.2 Å². The molecule has 1 atom stereocenters. The zero-order valence-electron chi connectivity index (χ0n) is 18.2. The van der Waals surface area contributed by atoms with Gasteiger partial charge in [0, 0.05) is 31.4 Å². The number of hydrogen-bond acceptors (Lipinski definition) is 6. The molecule has 1 N–H and O–H groups in total. The minimum Gasteiger partial charge on any atom is -0.456 e. The molecule has 2 aromatic heterocycles. The van der Waals surface area contributed by atoms with Gasteiger partial charge < -0.3 is 19.2 Å². The number of aromatic nitrogens is 1. The summed E-state index contributed by atoms with van der Waals surface area (Å²) in [6.45, 7) is 10.8. The molecule has 1 saturated carbocycles. The van der Waals surface area contributed by atoms with Crippen LogP contribution in [0.25, 0.3) is 6.08 Å². The van der Waals surface area contributed by atoms with Crippen LogP contribution in [-0.4, -0.2) is 48.2 Å². The summed E-state index contributed by atoms with van der Waals surface area (Å²) in [5.74, 6) is 1.78. The first-order valence-corrected chi connectivity index (χ1v) is 10.6. The second kappa shape index (κ2) is 8.17. The van der Waals surface area contributed by atoms with E-state index in [0.717, 1.165) is 37.9 Å². The number of carbonyl (C=O) groups excluding carboxylic acids is 2. The highest BCUT2D eigenvalue weighted by Gasteiger charge is 2.55. The van der Waals surface area contributed by atoms with Crippen LogP contribution in [0.4, 0.5) is 0 Å². The molecule has 2 aliphatic rings. The van der Waals surface area contributed by atoms with Crippen LogP contribution in [0.2, 0.25) is 0 Å². The molecule has 0 bridgehead atoms. The summed E-state index contributed by atoms with van der Waals surface area (Å²) in [4.78, 5) is 30.9. The Labute approximate surface area is 181 Å². The molecule has 1 unspecified atom stereocenters. The lowest BCUT2D eigenvalue weighted by Crippen LogP contribution is -2.40. The van der Waals surface area contributed by atoms with Gasteiger partial charge >= 0.3 is 0 Å². The molecule has 31 heavy (non-hydrogen) atoms. The van der Waals surface area contributed by atoms with Crippen LogP contribution in [0.3, 0.4) is 0 Å². The van der Waals surface area contributed by atoms with Gasteiger partial charge in [-0.15, -0.1) is 0 Å². The van der Waals surface area contributed by atoms with Crippen LogP contribution >= 0.6 is 0 Å². The summed E-state index contributed by atoms with van der Waals surface area (Å²) in [5, 5.41) is 6.90. The number of nitrogens with one attached hydrogen (secondary N) is 1. The largest absolute Gasteiger partial charge is 0.456 e. The van der Waals surface area contributed by atoms with Crippen LogP contribution in [0, 0.1) is 32.1 Å². The van der Waals surface area contributed by atoms with Crippen molar-refractivity contribution in [2.45, 2.75) is 40.0 Å². The second-order valence-electron chi connectivity index (χ2n) is 8.59. The van der Waals surface area contributed by atoms with E-state index in [-0.39, 0.29) is 17.2 Å². The van der Waals surface area contributed by atoms with Crippen molar-refractivity contribution in [1.82, 2.24) is 15.4 Å². The van der Waals surface area contributed by atoms with Crippen molar-refractivity contribution >= 4 is 24.6 Å². The van der Waals surface area contributed by atoms with Gasteiger partial charge in [0.25, 0.3) is 11.8 Å². The minimum atomic E-state index is -0.206. The van der Waals surface area contributed by atoms with E-state index in [0.29, 0.717) is 41.0 Å². The monoisotopic (exact) mass is 424 g/mol. The summed E-state index contributed by atoms with van der Waals surface area (Å²) in [6, 6.07) is 1.72. The predicted octanol–water partition coefficient (Wildman–Crippen LogP) is 3.54. The maximum absolute atomic E-state index is 12.8. The molecule has 2 fully saturated rings. The fourth-order valence-corrected chi connectivity index (χ4v) is 4.64. The maximum atomic E-state index is 12.8. The van der Waals surface area contributed by atoms with Crippen LogP contribution in [-0.2, 0) is 0 Å². The lowest BCUT2D eigenvalue weighted by atomic mass is 9.90. The Morgan fingerprint density at radius 2 is 2.06 bits per heavy atom. The fourth-order valence-electron chi connectivity index (χ4n) is 4.64. The van der Waals surface area contributed by atoms with Gasteiger partial charge in [-0.05, 0) is 70.2 Å². The number of furan rings is 1. The van der Waals surface area contributed by atoms with Crippen molar-refractivity contribution in [2.24, 2.45) is 16.3 Å². The first-order valence-electron chi connectivity index (χ1n) is 10.6. The zero-order chi connectivity index (χ0) is 22.2. The number of nitrogens with zero attached hydrogens (tertiary/aromatic N) is 3. The maximum Gasteiger partial charge on any atom is 0.287 e. The van der Waals surface area contributed by atoms with E-state index in [4.69, 9.17) is 8.94 Å². The molecule has 8 nitrogen and oxygen atoms in total. The van der Waals surface area contributed by atoms with Crippen molar-refractivity contribution in [1.29, 1.82) is 0 Å². The highest BCUT2D eigenvalue weighted by Crippen LogP contribution is 2.59. The summed E-state index contributed by atoms with van der Waals surface area (Å²) in [5.41, 5.74) is 2.27. The van der Waals surface area contributed by atoms with Crippen molar-refractivity contribution in [3.63, 3.8) is 0 Å². The van der Waals surface area contributed by atoms with Crippen molar-refractivity contribution < 1.29 is 18.5 Å². The number of piperidine rings is 1. The number of aliphatic imine (C=N–C) groups is 1. The molecule has 3 heterocycles. The van der Waals surface area contributed by atoms with Crippen LogP contribution in [0.5, 0.6) is 0 Å². The van der Waals surface area contributed by atoms with Crippen molar-refractivity contribution in [3.8, 4) is 0 Å². The van der Waals surface area contributed by atoms with E-state index in [1.165, 1.54) is 0 Å². The van der Waals surface area contributed by atoms with Gasteiger partial charge in [-0.2, -0.15) is 0 Å². The van der Waals surface area contributed by atoms with Gasteiger partial charge in [0.15, 0.2) is 5.76 Å². The number of likely N-dealkylation sites (tertiary alicyclic amines) is 1. The smallest absolute Gasteiger partial charge is 0.287 e. The Morgan fingerprint density at radius 3 is 2.71 bits per heavy atom. The van der Waals surface area contributed by atoms with Gasteiger partial charge in [0.05, 0.1) is 5.69 Å². The van der Waals surface area contributed by atoms with Gasteiger partial charge in [0.1, 0.15) is 17.1 Å². The van der Waals surface area contributed by atoms with Crippen LogP contribution < -0.4 is 5.32 Å². The van der Waals surface area contributed by atoms with E-state index < -0.39 is 0 Å². The molecular formula is C23H28N4O4. The number of hydrogen-bond donors (Lipinski definition) is 1. The van der Waals surface area contributed by atoms with Gasteiger partial charge in [-0.3, -0.25) is 14.6 Å². The van der Waals surface area contributed by atoms with Gasteiger partial charge in [0.2, 0.25) is 0 Å². The topological polar surface area (TPSA) is 101 Å². The zero-order valence-corrected chi connectivity index (χ0v) is 18.2. The Hall–Kier alpha value is -3.16. The molecule has 0 aromatic carbocycles. The van der Waals surface area contributed by atoms with Crippen molar-refractivity contribution in [2.75, 3.05) is 19.6 Å². The molecule has 2 aromatic rings. The molecule has 8 heteroatoms. The highest BCUT2D eigenvalue weighted by molar-refractivity contribution is 5.96. The molecule has 1 saturated heterocycles. The van der Waals surface area contributed by atoms with E-state index >= 15 is 0 Å². The Morgan fingerprint density at radius 1 is 1.32 bits per heavy atom. The third kappa shape index (κ3) is 4.06. The summed E-state index contributed by atoms with van der Waals surface area (Å²) in [6.07, 6.45) is 6.31. The summed E-state index contributed by atoms with van der Waals surface area (Å²) >= 11 is 0. The third-order valence-electron chi connectivity index (χ3n) is 6.70. The minimum absolute atomic E-state index is 0.00120. The predicted molar refractivity (Wildman–Crippen MR) is 116 cm³/mol. The fraction of sp³-hybridized carbons (Fsp3) is 0.478. The Bertz CT molecular complexity index is 1020. The third-order valence-corrected chi connectivity index (χ3v) is 6.70. The Kier molecular flexibility index (Phi) is 5.56. The molecular weight excluding hydrogens is 396 g/mol. The van der Waals surface area contributed by atoms with E-state index in [9.17, 15) is 9.59 Å². The molecule has 1 aliphatic heterocycles. The molecule has 164 valence electrons. The van der Waals surface area contributed by atoms with E-state index in [2.05, 4.69) is 22.2 Å². The first-order chi connectivity index (χ1) is 14.8. The van der Waals surface area contributed by atoms with E-state index in [1.807, 2.05) is 11.8 Å². The number of amides is 2. The second-order valence-corrected chi connectivity index (χ2v) is 8.59. The lowest BCUT2D eigenvalue weighted by molar-refractivity contribution is 0.0666. The normalized spacial score (nSPS) is 19.7. The summed E-state index contributed by atoms with van der Waals surface area (Å²) in [7, 11) is 0. The van der Waals surface area contributed by atoms with Crippen LogP contribution in [0.15, 0.2) is 26.2 Å². The lowest BCUT2D eigenvalue weighted by Gasteiger charge is -2.33. The van der Waals surface area contributed by atoms with Crippen LogP contribution in [0.1, 0.15) is 63.0 Å². The number of aryl methyl sites for hydroxylation is 3. The van der Waals surface area contributed by atoms with Gasteiger partial charge in [-0.25, -0.2) is 0 Å². The molecule has 1 aliphatic carbocycles. The average Bonchev–Trinajstić information content (AvgIpc) is 3.09. The average molecular weight is 425 g/mol. The Balaban J connectivity index is 1.28. The molecule has 4 rings (SSSR count). The molecule has 0 radical (unpaired) electrons.